The van der Waals surface area contributed by atoms with Crippen molar-refractivity contribution in [2.75, 3.05) is 0 Å². The van der Waals surface area contributed by atoms with E-state index in [9.17, 15) is 9.90 Å². The van der Waals surface area contributed by atoms with Crippen LogP contribution in [-0.4, -0.2) is 16.2 Å². The zero-order valence-corrected chi connectivity index (χ0v) is 8.94. The Labute approximate surface area is 94.8 Å². The maximum Gasteiger partial charge on any atom is 0.337 e. The molecule has 1 aromatic rings. The minimum atomic E-state index is -1.65. The van der Waals surface area contributed by atoms with E-state index in [1.807, 2.05) is 0 Å². The van der Waals surface area contributed by atoms with Crippen LogP contribution in [0.25, 0.3) is 0 Å². The van der Waals surface area contributed by atoms with Gasteiger partial charge in [0.2, 0.25) is 0 Å². The predicted octanol–water partition coefficient (Wildman–Crippen LogP) is 2.76. The quantitative estimate of drug-likeness (QED) is 0.799. The molecule has 14 heavy (non-hydrogen) atoms. The molecule has 0 aliphatic carbocycles. The number of halogens is 3. The van der Waals surface area contributed by atoms with Gasteiger partial charge in [-0.05, 0) is 17.7 Å². The van der Waals surface area contributed by atoms with Crippen LogP contribution in [0.5, 0.6) is 0 Å². The Balaban J connectivity index is 3.19. The molecule has 0 aliphatic rings. The van der Waals surface area contributed by atoms with Crippen molar-refractivity contribution in [1.82, 2.24) is 0 Å². The molecule has 1 atom stereocenters. The van der Waals surface area contributed by atoms with Gasteiger partial charge >= 0.3 is 5.97 Å². The first-order chi connectivity index (χ1) is 6.43. The van der Waals surface area contributed by atoms with E-state index < -0.39 is 12.1 Å². The molecule has 1 rings (SSSR count). The van der Waals surface area contributed by atoms with Crippen LogP contribution < -0.4 is 0 Å². The van der Waals surface area contributed by atoms with Crippen LogP contribution in [0.1, 0.15) is 11.7 Å². The van der Waals surface area contributed by atoms with Gasteiger partial charge in [-0.15, -0.1) is 0 Å². The second-order valence-electron chi connectivity index (χ2n) is 2.54. The molecule has 1 aromatic carbocycles. The van der Waals surface area contributed by atoms with E-state index in [4.69, 9.17) is 39.9 Å². The van der Waals surface area contributed by atoms with Gasteiger partial charge in [-0.2, -0.15) is 0 Å². The molecular formula is C8H5Cl3O3. The smallest absolute Gasteiger partial charge is 0.337 e. The number of benzene rings is 1. The van der Waals surface area contributed by atoms with Crippen molar-refractivity contribution in [1.29, 1.82) is 0 Å². The number of hydrogen-bond donors (Lipinski definition) is 2. The van der Waals surface area contributed by atoms with E-state index in [0.29, 0.717) is 0 Å². The molecule has 6 heteroatoms. The first-order valence-corrected chi connectivity index (χ1v) is 4.62. The molecule has 1 unspecified atom stereocenters. The molecule has 0 radical (unpaired) electrons. The summed E-state index contributed by atoms with van der Waals surface area (Å²) in [7, 11) is 0. The van der Waals surface area contributed by atoms with Crippen LogP contribution in [0.4, 0.5) is 0 Å². The summed E-state index contributed by atoms with van der Waals surface area (Å²) < 4.78 is 0. The van der Waals surface area contributed by atoms with Gasteiger partial charge < -0.3 is 10.2 Å². The lowest BCUT2D eigenvalue weighted by Crippen LogP contribution is -2.10. The van der Waals surface area contributed by atoms with Crippen molar-refractivity contribution in [3.8, 4) is 0 Å². The lowest BCUT2D eigenvalue weighted by atomic mass is 10.1. The van der Waals surface area contributed by atoms with Crippen molar-refractivity contribution >= 4 is 40.8 Å². The maximum absolute atomic E-state index is 10.4. The summed E-state index contributed by atoms with van der Waals surface area (Å²) in [5, 5.41) is 18.0. The third-order valence-corrected chi connectivity index (χ3v) is 2.75. The average Bonchev–Trinajstić information content (AvgIpc) is 2.12. The van der Waals surface area contributed by atoms with Gasteiger partial charge in [-0.3, -0.25) is 0 Å². The van der Waals surface area contributed by atoms with E-state index in [0.717, 1.165) is 0 Å². The fourth-order valence-electron chi connectivity index (χ4n) is 0.876. The van der Waals surface area contributed by atoms with Crippen LogP contribution in [0.2, 0.25) is 15.1 Å². The van der Waals surface area contributed by atoms with Crippen LogP contribution >= 0.6 is 34.8 Å². The molecule has 0 fully saturated rings. The lowest BCUT2D eigenvalue weighted by molar-refractivity contribution is -0.146. The third kappa shape index (κ3) is 2.30. The summed E-state index contributed by atoms with van der Waals surface area (Å²) in [5.74, 6) is -1.38. The standard InChI is InChI=1S/C8H5Cl3O3/c9-4-1-3(7(12)8(13)14)2-5(10)6(4)11/h1-2,7,12H,(H,13,14). The Morgan fingerprint density at radius 1 is 1.21 bits per heavy atom. The van der Waals surface area contributed by atoms with Crippen LogP contribution in [0.3, 0.4) is 0 Å². The zero-order valence-electron chi connectivity index (χ0n) is 6.67. The van der Waals surface area contributed by atoms with Crippen LogP contribution in [0, 0.1) is 0 Å². The van der Waals surface area contributed by atoms with Gasteiger partial charge in [0.25, 0.3) is 0 Å². The lowest BCUT2D eigenvalue weighted by Gasteiger charge is -2.08. The number of aliphatic hydroxyl groups is 1. The summed E-state index contributed by atoms with van der Waals surface area (Å²) in [4.78, 5) is 10.4. The normalized spacial score (nSPS) is 12.6. The Hall–Kier alpha value is -0.480. The van der Waals surface area contributed by atoms with Crippen molar-refractivity contribution in [2.45, 2.75) is 6.10 Å². The predicted molar refractivity (Wildman–Crippen MR) is 54.1 cm³/mol. The van der Waals surface area contributed by atoms with E-state index in [-0.39, 0.29) is 20.6 Å². The number of aliphatic hydroxyl groups excluding tert-OH is 1. The second-order valence-corrected chi connectivity index (χ2v) is 3.73. The van der Waals surface area contributed by atoms with Gasteiger partial charge in [0.15, 0.2) is 6.10 Å². The zero-order chi connectivity index (χ0) is 10.9. The molecule has 0 amide bonds. The maximum atomic E-state index is 10.4. The fraction of sp³-hybridized carbons (Fsp3) is 0.125. The molecule has 0 aliphatic heterocycles. The van der Waals surface area contributed by atoms with Gasteiger partial charge in [0.05, 0.1) is 15.1 Å². The average molecular weight is 255 g/mol. The highest BCUT2D eigenvalue weighted by Gasteiger charge is 2.18. The second kappa shape index (κ2) is 4.36. The molecule has 0 aromatic heterocycles. The number of aliphatic carboxylic acids is 1. The van der Waals surface area contributed by atoms with Gasteiger partial charge in [-0.25, -0.2) is 4.79 Å². The van der Waals surface area contributed by atoms with Gasteiger partial charge in [-0.1, -0.05) is 34.8 Å². The van der Waals surface area contributed by atoms with Crippen LogP contribution in [-0.2, 0) is 4.79 Å². The minimum Gasteiger partial charge on any atom is -0.479 e. The largest absolute Gasteiger partial charge is 0.479 e. The Bertz CT molecular complexity index is 355. The minimum absolute atomic E-state index is 0.0944. The first-order valence-electron chi connectivity index (χ1n) is 3.48. The molecule has 0 saturated heterocycles. The first kappa shape index (κ1) is 11.6. The summed E-state index contributed by atoms with van der Waals surface area (Å²) >= 11 is 16.9. The Morgan fingerprint density at radius 3 is 2.00 bits per heavy atom. The van der Waals surface area contributed by atoms with Crippen molar-refractivity contribution in [3.63, 3.8) is 0 Å². The topological polar surface area (TPSA) is 57.5 Å². The highest BCUT2D eigenvalue weighted by atomic mass is 35.5. The molecule has 0 heterocycles. The van der Waals surface area contributed by atoms with E-state index in [1.54, 1.807) is 0 Å². The van der Waals surface area contributed by atoms with Crippen molar-refractivity contribution < 1.29 is 15.0 Å². The van der Waals surface area contributed by atoms with Gasteiger partial charge in [0.1, 0.15) is 0 Å². The SMILES string of the molecule is O=C(O)C(O)c1cc(Cl)c(Cl)c(Cl)c1. The Morgan fingerprint density at radius 2 is 1.64 bits per heavy atom. The number of hydrogen-bond acceptors (Lipinski definition) is 2. The van der Waals surface area contributed by atoms with Crippen molar-refractivity contribution in [3.05, 3.63) is 32.8 Å². The summed E-state index contributed by atoms with van der Waals surface area (Å²) in [6, 6.07) is 2.52. The molecular weight excluding hydrogens is 250 g/mol. The van der Waals surface area contributed by atoms with E-state index in [1.165, 1.54) is 12.1 Å². The van der Waals surface area contributed by atoms with Gasteiger partial charge in [0, 0.05) is 0 Å². The molecule has 0 saturated carbocycles. The molecule has 0 bridgehead atoms. The van der Waals surface area contributed by atoms with Crippen molar-refractivity contribution in [2.24, 2.45) is 0 Å². The molecule has 0 spiro atoms. The van der Waals surface area contributed by atoms with E-state index in [2.05, 4.69) is 0 Å². The summed E-state index contributed by atoms with van der Waals surface area (Å²) in [6.07, 6.45) is -1.65. The number of carbonyl (C=O) groups is 1. The number of rotatable bonds is 2. The Kier molecular flexibility index (Phi) is 3.61. The fourth-order valence-corrected chi connectivity index (χ4v) is 1.49. The number of carboxylic acid groups (broad SMARTS) is 1. The van der Waals surface area contributed by atoms with Crippen LogP contribution in [0.15, 0.2) is 12.1 Å². The highest BCUT2D eigenvalue weighted by molar-refractivity contribution is 6.48. The summed E-state index contributed by atoms with van der Waals surface area (Å²) in [5.41, 5.74) is 0.0944. The van der Waals surface area contributed by atoms with E-state index >= 15 is 0 Å². The molecule has 3 nitrogen and oxygen atoms in total. The monoisotopic (exact) mass is 254 g/mol. The molecule has 76 valence electrons. The number of carboxylic acids is 1. The molecule has 2 N–H and O–H groups in total. The summed E-state index contributed by atoms with van der Waals surface area (Å²) in [6.45, 7) is 0. The highest BCUT2D eigenvalue weighted by Crippen LogP contribution is 2.33. The third-order valence-electron chi connectivity index (χ3n) is 1.56.